The molecule has 154 valence electrons. The minimum atomic E-state index is -0.814. The Labute approximate surface area is 174 Å². The van der Waals surface area contributed by atoms with E-state index in [1.54, 1.807) is 11.9 Å². The number of aromatic nitrogens is 1. The van der Waals surface area contributed by atoms with Crippen molar-refractivity contribution < 1.29 is 14.4 Å². The highest BCUT2D eigenvalue weighted by Crippen LogP contribution is 2.19. The number of para-hydroxylation sites is 1. The molecule has 0 radical (unpaired) electrons. The average molecular weight is 404 g/mol. The fraction of sp³-hybridized carbons (Fsp3) is 0.261. The van der Waals surface area contributed by atoms with Crippen LogP contribution in [-0.2, 0) is 22.6 Å². The molecular weight excluding hydrogens is 380 g/mol. The number of benzene rings is 2. The van der Waals surface area contributed by atoms with E-state index in [0.29, 0.717) is 13.0 Å². The molecule has 1 aromatic heterocycles. The normalized spacial score (nSPS) is 16.2. The van der Waals surface area contributed by atoms with Gasteiger partial charge in [0.05, 0.1) is 6.42 Å². The molecule has 3 aromatic rings. The summed E-state index contributed by atoms with van der Waals surface area (Å²) >= 11 is 0. The summed E-state index contributed by atoms with van der Waals surface area (Å²) in [6, 6.07) is 16.3. The van der Waals surface area contributed by atoms with Crippen molar-refractivity contribution in [2.45, 2.75) is 25.4 Å². The second-order valence-corrected chi connectivity index (χ2v) is 7.54. The molecule has 30 heavy (non-hydrogen) atoms. The zero-order valence-corrected chi connectivity index (χ0v) is 16.8. The van der Waals surface area contributed by atoms with Crippen molar-refractivity contribution in [3.63, 3.8) is 0 Å². The SMILES string of the molecule is CN(Cc1ccccc1)C(=O)C[C@@H]1NC(=O)N(CCc2c[nH]c3ccccc23)C1=O. The van der Waals surface area contributed by atoms with Gasteiger partial charge in [-0.25, -0.2) is 4.79 Å². The molecule has 0 bridgehead atoms. The Balaban J connectivity index is 1.34. The standard InChI is InChI=1S/C23H24N4O3/c1-26(15-16-7-3-2-4-8-16)21(28)13-20-22(29)27(23(30)25-20)12-11-17-14-24-19-10-6-5-9-18(17)19/h2-10,14,20,24H,11-13,15H2,1H3,(H,25,30)/t20-/m0/s1. The first kappa shape index (κ1) is 19.7. The number of carbonyl (C=O) groups is 3. The van der Waals surface area contributed by atoms with Crippen LogP contribution in [0.15, 0.2) is 60.8 Å². The molecule has 0 unspecified atom stereocenters. The van der Waals surface area contributed by atoms with E-state index >= 15 is 0 Å². The van der Waals surface area contributed by atoms with Gasteiger partial charge in [0.15, 0.2) is 0 Å². The van der Waals surface area contributed by atoms with Crippen LogP contribution >= 0.6 is 0 Å². The number of fused-ring (bicyclic) bond motifs is 1. The van der Waals surface area contributed by atoms with Crippen molar-refractivity contribution in [2.75, 3.05) is 13.6 Å². The summed E-state index contributed by atoms with van der Waals surface area (Å²) in [5.41, 5.74) is 3.08. The fourth-order valence-corrected chi connectivity index (χ4v) is 3.77. The first-order chi connectivity index (χ1) is 14.5. The minimum Gasteiger partial charge on any atom is -0.361 e. The van der Waals surface area contributed by atoms with Crippen LogP contribution < -0.4 is 5.32 Å². The Hall–Kier alpha value is -3.61. The lowest BCUT2D eigenvalue weighted by Crippen LogP contribution is -2.37. The largest absolute Gasteiger partial charge is 0.361 e. The molecule has 1 saturated heterocycles. The lowest BCUT2D eigenvalue weighted by molar-refractivity contribution is -0.135. The third kappa shape index (κ3) is 4.05. The van der Waals surface area contributed by atoms with Gasteiger partial charge in [0, 0.05) is 37.2 Å². The van der Waals surface area contributed by atoms with E-state index in [1.807, 2.05) is 60.8 Å². The summed E-state index contributed by atoms with van der Waals surface area (Å²) in [6.07, 6.45) is 2.41. The molecule has 4 amide bonds. The highest BCUT2D eigenvalue weighted by atomic mass is 16.2. The summed E-state index contributed by atoms with van der Waals surface area (Å²) in [4.78, 5) is 43.6. The number of hydrogen-bond acceptors (Lipinski definition) is 3. The number of carbonyl (C=O) groups excluding carboxylic acids is 3. The minimum absolute atomic E-state index is 0.0442. The molecule has 2 heterocycles. The van der Waals surface area contributed by atoms with Gasteiger partial charge >= 0.3 is 6.03 Å². The van der Waals surface area contributed by atoms with Gasteiger partial charge < -0.3 is 15.2 Å². The van der Waals surface area contributed by atoms with E-state index in [4.69, 9.17) is 0 Å². The van der Waals surface area contributed by atoms with Gasteiger partial charge in [-0.1, -0.05) is 48.5 Å². The second kappa shape index (κ2) is 8.41. The van der Waals surface area contributed by atoms with E-state index in [2.05, 4.69) is 10.3 Å². The smallest absolute Gasteiger partial charge is 0.324 e. The summed E-state index contributed by atoms with van der Waals surface area (Å²) < 4.78 is 0. The van der Waals surface area contributed by atoms with Gasteiger partial charge in [-0.3, -0.25) is 14.5 Å². The number of rotatable bonds is 7. The third-order valence-electron chi connectivity index (χ3n) is 5.45. The predicted molar refractivity (Wildman–Crippen MR) is 114 cm³/mol. The van der Waals surface area contributed by atoms with Crippen LogP contribution in [0.25, 0.3) is 10.9 Å². The number of urea groups is 1. The molecule has 2 aromatic carbocycles. The molecular formula is C23H24N4O3. The summed E-state index contributed by atoms with van der Waals surface area (Å²) in [5, 5.41) is 3.74. The lowest BCUT2D eigenvalue weighted by Gasteiger charge is -2.19. The van der Waals surface area contributed by atoms with Crippen LogP contribution in [-0.4, -0.2) is 52.3 Å². The molecule has 1 fully saturated rings. The van der Waals surface area contributed by atoms with E-state index in [0.717, 1.165) is 22.0 Å². The van der Waals surface area contributed by atoms with E-state index in [1.165, 1.54) is 4.90 Å². The van der Waals surface area contributed by atoms with Crippen molar-refractivity contribution in [1.82, 2.24) is 20.1 Å². The Morgan fingerprint density at radius 2 is 1.80 bits per heavy atom. The van der Waals surface area contributed by atoms with Crippen molar-refractivity contribution in [2.24, 2.45) is 0 Å². The molecule has 0 saturated carbocycles. The number of nitrogens with zero attached hydrogens (tertiary/aromatic N) is 2. The number of H-pyrrole nitrogens is 1. The molecule has 1 atom stereocenters. The molecule has 1 aliphatic rings. The van der Waals surface area contributed by atoms with Gasteiger partial charge in [-0.15, -0.1) is 0 Å². The van der Waals surface area contributed by atoms with Gasteiger partial charge in [0.25, 0.3) is 5.91 Å². The Bertz CT molecular complexity index is 1080. The fourth-order valence-electron chi connectivity index (χ4n) is 3.77. The van der Waals surface area contributed by atoms with Gasteiger partial charge in [-0.05, 0) is 23.6 Å². The molecule has 1 aliphatic heterocycles. The van der Waals surface area contributed by atoms with E-state index < -0.39 is 12.1 Å². The number of hydrogen-bond donors (Lipinski definition) is 2. The number of imide groups is 1. The van der Waals surface area contributed by atoms with Crippen molar-refractivity contribution in [1.29, 1.82) is 0 Å². The summed E-state index contributed by atoms with van der Waals surface area (Å²) in [6.45, 7) is 0.732. The Kier molecular flexibility index (Phi) is 5.52. The van der Waals surface area contributed by atoms with E-state index in [-0.39, 0.29) is 24.8 Å². The Morgan fingerprint density at radius 1 is 1.07 bits per heavy atom. The maximum absolute atomic E-state index is 12.7. The van der Waals surface area contributed by atoms with E-state index in [9.17, 15) is 14.4 Å². The average Bonchev–Trinajstić information content (AvgIpc) is 3.28. The quantitative estimate of drug-likeness (QED) is 0.594. The van der Waals surface area contributed by atoms with Gasteiger partial charge in [0.2, 0.25) is 5.91 Å². The summed E-state index contributed by atoms with van der Waals surface area (Å²) in [5.74, 6) is -0.530. The monoisotopic (exact) mass is 404 g/mol. The van der Waals surface area contributed by atoms with Gasteiger partial charge in [-0.2, -0.15) is 0 Å². The zero-order chi connectivity index (χ0) is 21.1. The van der Waals surface area contributed by atoms with Crippen LogP contribution in [0.5, 0.6) is 0 Å². The first-order valence-electron chi connectivity index (χ1n) is 9.97. The zero-order valence-electron chi connectivity index (χ0n) is 16.8. The lowest BCUT2D eigenvalue weighted by atomic mass is 10.1. The number of nitrogens with one attached hydrogen (secondary N) is 2. The molecule has 4 rings (SSSR count). The summed E-state index contributed by atoms with van der Waals surface area (Å²) in [7, 11) is 1.70. The van der Waals surface area contributed by atoms with Crippen LogP contribution in [0, 0.1) is 0 Å². The predicted octanol–water partition coefficient (Wildman–Crippen LogP) is 2.68. The van der Waals surface area contributed by atoms with Crippen molar-refractivity contribution in [3.8, 4) is 0 Å². The molecule has 7 nitrogen and oxygen atoms in total. The van der Waals surface area contributed by atoms with Crippen LogP contribution in [0.4, 0.5) is 4.79 Å². The first-order valence-corrected chi connectivity index (χ1v) is 9.97. The molecule has 0 aliphatic carbocycles. The number of aromatic amines is 1. The topological polar surface area (TPSA) is 85.5 Å². The third-order valence-corrected chi connectivity index (χ3v) is 5.45. The van der Waals surface area contributed by atoms with Crippen LogP contribution in [0.1, 0.15) is 17.5 Å². The molecule has 2 N–H and O–H groups in total. The van der Waals surface area contributed by atoms with Crippen molar-refractivity contribution >= 4 is 28.7 Å². The second-order valence-electron chi connectivity index (χ2n) is 7.54. The van der Waals surface area contributed by atoms with Crippen LogP contribution in [0.2, 0.25) is 0 Å². The van der Waals surface area contributed by atoms with Crippen molar-refractivity contribution in [3.05, 3.63) is 71.9 Å². The number of amides is 4. The molecule has 7 heteroatoms. The van der Waals surface area contributed by atoms with Crippen LogP contribution in [0.3, 0.4) is 0 Å². The highest BCUT2D eigenvalue weighted by molar-refractivity contribution is 6.05. The van der Waals surface area contributed by atoms with Gasteiger partial charge in [0.1, 0.15) is 6.04 Å². The maximum atomic E-state index is 12.7. The molecule has 0 spiro atoms. The highest BCUT2D eigenvalue weighted by Gasteiger charge is 2.39. The Morgan fingerprint density at radius 3 is 2.60 bits per heavy atom. The maximum Gasteiger partial charge on any atom is 0.324 e.